The third kappa shape index (κ3) is 7.34. The molecule has 40 heavy (non-hydrogen) atoms. The molecule has 3 saturated heterocycles. The summed E-state index contributed by atoms with van der Waals surface area (Å²) in [6, 6.07) is 15.2. The van der Waals surface area contributed by atoms with E-state index in [4.69, 9.17) is 9.31 Å². The summed E-state index contributed by atoms with van der Waals surface area (Å²) in [6.07, 6.45) is 0. The van der Waals surface area contributed by atoms with Gasteiger partial charge in [-0.3, -0.25) is 9.59 Å². The van der Waals surface area contributed by atoms with Crippen molar-refractivity contribution >= 4 is 40.3 Å². The summed E-state index contributed by atoms with van der Waals surface area (Å²) >= 11 is 3.37. The molecule has 0 aromatic heterocycles. The van der Waals surface area contributed by atoms with Crippen molar-refractivity contribution in [3.8, 4) is 0 Å². The predicted octanol–water partition coefficient (Wildman–Crippen LogP) is 3.21. The summed E-state index contributed by atoms with van der Waals surface area (Å²) in [5.41, 5.74) is 1.73. The Labute approximate surface area is 247 Å². The van der Waals surface area contributed by atoms with Gasteiger partial charge >= 0.3 is 7.12 Å². The number of carbonyl (C=O) groups is 2. The third-order valence-corrected chi connectivity index (χ3v) is 8.88. The van der Waals surface area contributed by atoms with Gasteiger partial charge in [0.1, 0.15) is 0 Å². The molecule has 216 valence electrons. The second-order valence-corrected chi connectivity index (χ2v) is 12.8. The highest BCUT2D eigenvalue weighted by atomic mass is 79.9. The van der Waals surface area contributed by atoms with Crippen LogP contribution in [0.15, 0.2) is 53.0 Å². The zero-order valence-corrected chi connectivity index (χ0v) is 26.2. The molecule has 0 radical (unpaired) electrons. The lowest BCUT2D eigenvalue weighted by Gasteiger charge is -2.32. The molecular formula is C30H42BBrN4O4. The molecule has 2 aromatic rings. The maximum Gasteiger partial charge on any atom is 0.494 e. The molecule has 0 bridgehead atoms. The van der Waals surface area contributed by atoms with Crippen molar-refractivity contribution < 1.29 is 18.9 Å². The van der Waals surface area contributed by atoms with Crippen molar-refractivity contribution in [2.75, 3.05) is 66.5 Å². The number of hydrogen-bond donors (Lipinski definition) is 0. The van der Waals surface area contributed by atoms with E-state index in [0.29, 0.717) is 0 Å². The van der Waals surface area contributed by atoms with Gasteiger partial charge in [0, 0.05) is 68.0 Å². The minimum absolute atomic E-state index is 0.101. The quantitative estimate of drug-likeness (QED) is 0.494. The van der Waals surface area contributed by atoms with Crippen LogP contribution in [0.5, 0.6) is 0 Å². The molecule has 0 unspecified atom stereocenters. The maximum atomic E-state index is 12.6. The van der Waals surface area contributed by atoms with E-state index in [9.17, 15) is 9.59 Å². The molecule has 3 heterocycles. The van der Waals surface area contributed by atoms with Crippen molar-refractivity contribution in [2.24, 2.45) is 0 Å². The van der Waals surface area contributed by atoms with Gasteiger partial charge in [0.2, 0.25) is 0 Å². The van der Waals surface area contributed by atoms with Crippen LogP contribution in [0.1, 0.15) is 48.4 Å². The van der Waals surface area contributed by atoms with Gasteiger partial charge in [0.15, 0.2) is 0 Å². The Balaban J connectivity index is 0.000000201. The van der Waals surface area contributed by atoms with Gasteiger partial charge in [-0.15, -0.1) is 0 Å². The third-order valence-electron chi connectivity index (χ3n) is 8.36. The van der Waals surface area contributed by atoms with Gasteiger partial charge in [-0.1, -0.05) is 28.1 Å². The van der Waals surface area contributed by atoms with Gasteiger partial charge in [0.25, 0.3) is 11.8 Å². The van der Waals surface area contributed by atoms with Crippen molar-refractivity contribution in [1.82, 2.24) is 19.6 Å². The summed E-state index contributed by atoms with van der Waals surface area (Å²) < 4.78 is 13.1. The van der Waals surface area contributed by atoms with Crippen LogP contribution < -0.4 is 5.46 Å². The molecule has 0 spiro atoms. The van der Waals surface area contributed by atoms with Gasteiger partial charge in [0.05, 0.1) is 11.2 Å². The Hall–Kier alpha value is -2.24. The van der Waals surface area contributed by atoms with E-state index in [1.165, 1.54) is 0 Å². The minimum Gasteiger partial charge on any atom is -0.399 e. The van der Waals surface area contributed by atoms with Crippen molar-refractivity contribution in [1.29, 1.82) is 0 Å². The van der Waals surface area contributed by atoms with E-state index in [-0.39, 0.29) is 30.1 Å². The van der Waals surface area contributed by atoms with Crippen molar-refractivity contribution in [2.45, 2.75) is 38.9 Å². The summed E-state index contributed by atoms with van der Waals surface area (Å²) in [5.74, 6) is 0.240. The Bertz CT molecular complexity index is 1140. The molecule has 10 heteroatoms. The fraction of sp³-hybridized carbons (Fsp3) is 0.533. The molecule has 3 fully saturated rings. The molecule has 3 aliphatic rings. The smallest absolute Gasteiger partial charge is 0.399 e. The summed E-state index contributed by atoms with van der Waals surface area (Å²) in [5, 5.41) is 0. The number of piperazine rings is 2. The van der Waals surface area contributed by atoms with E-state index >= 15 is 0 Å². The number of rotatable bonds is 3. The summed E-state index contributed by atoms with van der Waals surface area (Å²) in [6.45, 7) is 15.2. The van der Waals surface area contributed by atoms with Gasteiger partial charge < -0.3 is 28.9 Å². The first kappa shape index (κ1) is 30.7. The molecule has 0 aliphatic carbocycles. The normalized spacial score (nSPS) is 21.1. The number of halogens is 1. The highest BCUT2D eigenvalue weighted by Gasteiger charge is 2.51. The van der Waals surface area contributed by atoms with Crippen LogP contribution in [0.4, 0.5) is 0 Å². The van der Waals surface area contributed by atoms with Crippen LogP contribution in [0.25, 0.3) is 0 Å². The number of hydrogen-bond acceptors (Lipinski definition) is 6. The van der Waals surface area contributed by atoms with E-state index < -0.39 is 0 Å². The lowest BCUT2D eigenvalue weighted by molar-refractivity contribution is 0.00578. The van der Waals surface area contributed by atoms with Crippen LogP contribution >= 0.6 is 15.9 Å². The zero-order valence-electron chi connectivity index (χ0n) is 24.7. The van der Waals surface area contributed by atoms with E-state index in [1.807, 2.05) is 86.0 Å². The van der Waals surface area contributed by atoms with Gasteiger partial charge in [-0.2, -0.15) is 0 Å². The number of likely N-dealkylation sites (N-methyl/N-ethyl adjacent to an activating group) is 2. The van der Waals surface area contributed by atoms with Crippen LogP contribution in [0, 0.1) is 0 Å². The monoisotopic (exact) mass is 616 g/mol. The lowest BCUT2D eigenvalue weighted by Crippen LogP contribution is -2.47. The Morgan fingerprint density at radius 1 is 0.850 bits per heavy atom. The Morgan fingerprint density at radius 2 is 1.40 bits per heavy atom. The zero-order chi connectivity index (χ0) is 29.1. The molecule has 2 amide bonds. The number of carbonyl (C=O) groups excluding carboxylic acids is 2. The fourth-order valence-corrected chi connectivity index (χ4v) is 5.00. The highest BCUT2D eigenvalue weighted by Crippen LogP contribution is 2.36. The molecule has 0 saturated carbocycles. The van der Waals surface area contributed by atoms with Crippen LogP contribution in [0.3, 0.4) is 0 Å². The molecule has 5 rings (SSSR count). The van der Waals surface area contributed by atoms with Crippen LogP contribution in [-0.2, 0) is 9.31 Å². The highest BCUT2D eigenvalue weighted by molar-refractivity contribution is 9.10. The maximum absolute atomic E-state index is 12.6. The second kappa shape index (κ2) is 12.7. The summed E-state index contributed by atoms with van der Waals surface area (Å²) in [7, 11) is 3.78. The van der Waals surface area contributed by atoms with Gasteiger partial charge in [-0.05, 0) is 83.7 Å². The second-order valence-electron chi connectivity index (χ2n) is 11.9. The first-order valence-corrected chi connectivity index (χ1v) is 14.8. The van der Waals surface area contributed by atoms with E-state index in [1.54, 1.807) is 0 Å². The average molecular weight is 617 g/mol. The molecule has 0 N–H and O–H groups in total. The minimum atomic E-state index is -0.386. The Morgan fingerprint density at radius 3 is 1.93 bits per heavy atom. The molecule has 3 aliphatic heterocycles. The predicted molar refractivity (Wildman–Crippen MR) is 163 cm³/mol. The van der Waals surface area contributed by atoms with E-state index in [2.05, 4.69) is 39.8 Å². The number of nitrogens with zero attached hydrogens (tertiary/aromatic N) is 4. The molecule has 2 aromatic carbocycles. The first-order valence-electron chi connectivity index (χ1n) is 14.0. The Kier molecular flexibility index (Phi) is 9.78. The molecule has 0 atom stereocenters. The van der Waals surface area contributed by atoms with E-state index in [0.717, 1.165) is 73.4 Å². The molecule has 8 nitrogen and oxygen atoms in total. The average Bonchev–Trinajstić information content (AvgIpc) is 3.16. The summed E-state index contributed by atoms with van der Waals surface area (Å²) in [4.78, 5) is 33.0. The van der Waals surface area contributed by atoms with Crippen LogP contribution in [-0.4, -0.2) is 116 Å². The van der Waals surface area contributed by atoms with Gasteiger partial charge in [-0.25, -0.2) is 0 Å². The SMILES string of the molecule is CN1CCN(C(=O)[14c]2ccc(B3OC(C)(C)C(C)(C)O3)cc2)CC1.CN1CCN(C(=O)c2ccc(Br)cc2)[14CH2]C1. The first-order chi connectivity index (χ1) is 18.9. The fourth-order valence-electron chi connectivity index (χ4n) is 4.74. The topological polar surface area (TPSA) is 65.6 Å². The van der Waals surface area contributed by atoms with Crippen molar-refractivity contribution in [3.63, 3.8) is 0 Å². The lowest BCUT2D eigenvalue weighted by atomic mass is 9.80. The van der Waals surface area contributed by atoms with Crippen molar-refractivity contribution in [3.05, 3.63) is 64.1 Å². The number of amides is 2. The largest absolute Gasteiger partial charge is 0.494 e. The molecular weight excluding hydrogens is 575 g/mol. The number of benzene rings is 2. The van der Waals surface area contributed by atoms with Crippen LogP contribution in [0.2, 0.25) is 0 Å². The standard InChI is InChI=1S/C18H27BN2O3.C12H15BrN2O/c1-17(2)18(3,4)24-19(23-17)15-8-6-14(7-9-15)16(22)21-12-10-20(5)11-13-21;1-14-6-8-15(9-7-14)12(16)10-2-4-11(13)5-3-10/h6-9H,10-13H2,1-5H3;2-5H,6-9H2,1H3/i14+2;8+2.